The molecule has 7 nitrogen and oxygen atoms in total. The van der Waals surface area contributed by atoms with Crippen molar-refractivity contribution < 1.29 is 13.5 Å². The third-order valence-electron chi connectivity index (χ3n) is 5.33. The second-order valence-electron chi connectivity index (χ2n) is 8.35. The number of aromatic nitrogens is 1. The molecule has 2 heterocycles. The molecular formula is C24H24Cl2N4O3S. The zero-order valence-corrected chi connectivity index (χ0v) is 21.2. The van der Waals surface area contributed by atoms with Gasteiger partial charge in [0.05, 0.1) is 33.7 Å². The second-order valence-corrected chi connectivity index (χ2v) is 11.0. The summed E-state index contributed by atoms with van der Waals surface area (Å²) in [5, 5.41) is 13.4. The highest BCUT2D eigenvalue weighted by Gasteiger charge is 2.34. The molecule has 0 bridgehead atoms. The smallest absolute Gasteiger partial charge is 0.233 e. The summed E-state index contributed by atoms with van der Waals surface area (Å²) in [7, 11) is 0.256. The molecule has 1 atom stereocenters. The van der Waals surface area contributed by atoms with Crippen LogP contribution in [-0.4, -0.2) is 43.8 Å². The van der Waals surface area contributed by atoms with Crippen LogP contribution in [0.25, 0.3) is 6.08 Å². The number of nitrogens with one attached hydrogen (secondary N) is 1. The molecule has 0 fully saturated rings. The number of benzene rings is 2. The van der Waals surface area contributed by atoms with E-state index in [1.165, 1.54) is 16.4 Å². The number of hydrogen-bond acceptors (Lipinski definition) is 6. The molecule has 1 aliphatic heterocycles. The van der Waals surface area contributed by atoms with Crippen molar-refractivity contribution in [3.8, 4) is 5.75 Å². The molecule has 2 N–H and O–H groups in total. The van der Waals surface area contributed by atoms with Gasteiger partial charge in [-0.1, -0.05) is 41.4 Å². The van der Waals surface area contributed by atoms with Gasteiger partial charge in [-0.05, 0) is 61.6 Å². The number of phenols is 1. The highest BCUT2D eigenvalue weighted by molar-refractivity contribution is 7.92. The summed E-state index contributed by atoms with van der Waals surface area (Å²) in [5.74, 6) is -0.250. The van der Waals surface area contributed by atoms with E-state index in [1.807, 2.05) is 38.4 Å². The summed E-state index contributed by atoms with van der Waals surface area (Å²) in [6.45, 7) is 0.816. The standard InChI is InChI=1S/C24H24Cl2N4O3S/c1-29(2)14-15-4-6-17(7-5-15)28-21-10-11-27-20-8-9-22(30(23(20)21)34(3,32)33)16-12-18(25)24(31)19(26)13-16/h4-13,22,31H,14H2,1-3H3,(H,27,28). The minimum Gasteiger partial charge on any atom is -0.505 e. The van der Waals surface area contributed by atoms with Crippen LogP contribution in [0.1, 0.15) is 22.9 Å². The van der Waals surface area contributed by atoms with Gasteiger partial charge in [-0.3, -0.25) is 9.29 Å². The van der Waals surface area contributed by atoms with Crippen LogP contribution < -0.4 is 9.62 Å². The molecule has 0 radical (unpaired) electrons. The van der Waals surface area contributed by atoms with Gasteiger partial charge in [0.15, 0.2) is 5.75 Å². The molecule has 3 aromatic rings. The van der Waals surface area contributed by atoms with Crippen LogP contribution >= 0.6 is 23.2 Å². The van der Waals surface area contributed by atoms with Crippen LogP contribution in [0.4, 0.5) is 17.1 Å². The number of pyridine rings is 1. The lowest BCUT2D eigenvalue weighted by molar-refractivity contribution is 0.402. The molecule has 0 spiro atoms. The first-order chi connectivity index (χ1) is 16.0. The highest BCUT2D eigenvalue weighted by Crippen LogP contribution is 2.44. The number of halogens is 2. The van der Waals surface area contributed by atoms with Crippen molar-refractivity contribution in [2.24, 2.45) is 0 Å². The van der Waals surface area contributed by atoms with Crippen molar-refractivity contribution in [2.75, 3.05) is 30.0 Å². The third kappa shape index (κ3) is 5.00. The first-order valence-electron chi connectivity index (χ1n) is 10.4. The van der Waals surface area contributed by atoms with Gasteiger partial charge in [0, 0.05) is 18.4 Å². The van der Waals surface area contributed by atoms with Crippen LogP contribution in [0.3, 0.4) is 0 Å². The van der Waals surface area contributed by atoms with E-state index in [4.69, 9.17) is 23.2 Å². The van der Waals surface area contributed by atoms with E-state index in [0.29, 0.717) is 22.6 Å². The Balaban J connectivity index is 1.78. The molecule has 0 amide bonds. The summed E-state index contributed by atoms with van der Waals surface area (Å²) < 4.78 is 27.4. The molecule has 1 aromatic heterocycles. The summed E-state index contributed by atoms with van der Waals surface area (Å²) in [4.78, 5) is 6.46. The Kier molecular flexibility index (Phi) is 6.78. The molecule has 34 heavy (non-hydrogen) atoms. The van der Waals surface area contributed by atoms with E-state index >= 15 is 0 Å². The van der Waals surface area contributed by atoms with E-state index in [9.17, 15) is 13.5 Å². The number of nitrogens with zero attached hydrogens (tertiary/aromatic N) is 3. The van der Waals surface area contributed by atoms with Crippen molar-refractivity contribution >= 4 is 56.4 Å². The monoisotopic (exact) mass is 518 g/mol. The molecule has 4 rings (SSSR count). The predicted octanol–water partition coefficient (Wildman–Crippen LogP) is 5.43. The van der Waals surface area contributed by atoms with Crippen molar-refractivity contribution in [3.63, 3.8) is 0 Å². The predicted molar refractivity (Wildman–Crippen MR) is 139 cm³/mol. The van der Waals surface area contributed by atoms with Crippen LogP contribution in [0.15, 0.2) is 54.7 Å². The summed E-state index contributed by atoms with van der Waals surface area (Å²) >= 11 is 12.3. The maximum atomic E-state index is 13.0. The molecule has 2 aromatic carbocycles. The van der Waals surface area contributed by atoms with E-state index in [2.05, 4.69) is 15.2 Å². The fourth-order valence-corrected chi connectivity index (χ4v) is 5.54. The first kappa shape index (κ1) is 24.3. The highest BCUT2D eigenvalue weighted by atomic mass is 35.5. The number of anilines is 3. The summed E-state index contributed by atoms with van der Waals surface area (Å²) in [6, 6.07) is 12.0. The average Bonchev–Trinajstić information content (AvgIpc) is 2.77. The maximum Gasteiger partial charge on any atom is 0.233 e. The Morgan fingerprint density at radius 1 is 1.12 bits per heavy atom. The Labute approximate surface area is 209 Å². The number of sulfonamides is 1. The second kappa shape index (κ2) is 9.46. The lowest BCUT2D eigenvalue weighted by atomic mass is 10.0. The van der Waals surface area contributed by atoms with E-state index in [-0.39, 0.29) is 15.8 Å². The summed E-state index contributed by atoms with van der Waals surface area (Å²) in [5.41, 5.74) is 3.99. The average molecular weight is 519 g/mol. The van der Waals surface area contributed by atoms with E-state index in [1.54, 1.807) is 24.4 Å². The van der Waals surface area contributed by atoms with Crippen molar-refractivity contribution in [1.29, 1.82) is 0 Å². The zero-order valence-electron chi connectivity index (χ0n) is 18.8. The van der Waals surface area contributed by atoms with Gasteiger partial charge < -0.3 is 15.3 Å². The maximum absolute atomic E-state index is 13.0. The van der Waals surface area contributed by atoms with Crippen molar-refractivity contribution in [3.05, 3.63) is 81.6 Å². The number of aromatic hydroxyl groups is 1. The molecule has 0 saturated carbocycles. The molecule has 0 aliphatic carbocycles. The molecule has 1 aliphatic rings. The van der Waals surface area contributed by atoms with E-state index < -0.39 is 16.1 Å². The molecule has 10 heteroatoms. The molecular weight excluding hydrogens is 495 g/mol. The normalized spacial score (nSPS) is 15.5. The largest absolute Gasteiger partial charge is 0.505 e. The van der Waals surface area contributed by atoms with Crippen LogP contribution in [0.2, 0.25) is 10.0 Å². The topological polar surface area (TPSA) is 85.8 Å². The SMILES string of the molecule is CN(C)Cc1ccc(Nc2ccnc3c2N(S(C)(=O)=O)C(c2cc(Cl)c(O)c(Cl)c2)C=C3)cc1. The van der Waals surface area contributed by atoms with Crippen LogP contribution in [0.5, 0.6) is 5.75 Å². The van der Waals surface area contributed by atoms with Gasteiger partial charge in [-0.2, -0.15) is 0 Å². The fraction of sp³-hybridized carbons (Fsp3) is 0.208. The molecule has 1 unspecified atom stereocenters. The Morgan fingerprint density at radius 2 is 1.76 bits per heavy atom. The van der Waals surface area contributed by atoms with Gasteiger partial charge in [-0.25, -0.2) is 8.42 Å². The molecule has 0 saturated heterocycles. The minimum atomic E-state index is -3.76. The van der Waals surface area contributed by atoms with Crippen LogP contribution in [-0.2, 0) is 16.6 Å². The van der Waals surface area contributed by atoms with Crippen molar-refractivity contribution in [1.82, 2.24) is 9.88 Å². The zero-order chi connectivity index (χ0) is 24.6. The van der Waals surface area contributed by atoms with Crippen LogP contribution in [0, 0.1) is 0 Å². The fourth-order valence-electron chi connectivity index (χ4n) is 3.91. The Morgan fingerprint density at radius 3 is 2.35 bits per heavy atom. The lowest BCUT2D eigenvalue weighted by Gasteiger charge is -2.35. The van der Waals surface area contributed by atoms with E-state index in [0.717, 1.165) is 24.1 Å². The van der Waals surface area contributed by atoms with Gasteiger partial charge >= 0.3 is 0 Å². The lowest BCUT2D eigenvalue weighted by Crippen LogP contribution is -2.36. The molecule has 178 valence electrons. The number of rotatable bonds is 6. The van der Waals surface area contributed by atoms with Gasteiger partial charge in [-0.15, -0.1) is 0 Å². The number of phenolic OH excluding ortho intramolecular Hbond substituents is 1. The van der Waals surface area contributed by atoms with Gasteiger partial charge in [0.25, 0.3) is 0 Å². The first-order valence-corrected chi connectivity index (χ1v) is 13.0. The van der Waals surface area contributed by atoms with Crippen molar-refractivity contribution in [2.45, 2.75) is 12.6 Å². The van der Waals surface area contributed by atoms with Gasteiger partial charge in [0.2, 0.25) is 10.0 Å². The Hall–Kier alpha value is -2.78. The summed E-state index contributed by atoms with van der Waals surface area (Å²) in [6.07, 6.45) is 6.25. The number of fused-ring (bicyclic) bond motifs is 1. The number of hydrogen-bond donors (Lipinski definition) is 2. The minimum absolute atomic E-state index is 0.0393. The van der Waals surface area contributed by atoms with Gasteiger partial charge in [0.1, 0.15) is 5.69 Å². The third-order valence-corrected chi connectivity index (χ3v) is 7.03. The quantitative estimate of drug-likeness (QED) is 0.452. The Bertz CT molecular complexity index is 1340.